The van der Waals surface area contributed by atoms with Crippen LogP contribution in [0.3, 0.4) is 0 Å². The predicted octanol–water partition coefficient (Wildman–Crippen LogP) is 4.91. The van der Waals surface area contributed by atoms with Crippen LogP contribution in [-0.4, -0.2) is 37.0 Å². The minimum Gasteiger partial charge on any atom is -0.467 e. The number of thiophene rings is 1. The summed E-state index contributed by atoms with van der Waals surface area (Å²) in [5.41, 5.74) is 9.77. The van der Waals surface area contributed by atoms with Crippen LogP contribution >= 0.6 is 34.7 Å². The van der Waals surface area contributed by atoms with Crippen LogP contribution < -0.4 is 5.32 Å². The lowest BCUT2D eigenvalue weighted by Gasteiger charge is -2.16. The molecular weight excluding hydrogens is 434 g/mol. The van der Waals surface area contributed by atoms with Gasteiger partial charge in [-0.1, -0.05) is 23.7 Å². The number of hydrogen-bond acceptors (Lipinski definition) is 7. The highest BCUT2D eigenvalue weighted by atomic mass is 35.5. The molecule has 1 atom stereocenters. The molecule has 0 aliphatic carbocycles. The molecule has 0 bridgehead atoms. The lowest BCUT2D eigenvalue weighted by atomic mass is 10.0. The molecule has 0 radical (unpaired) electrons. The maximum atomic E-state index is 13.0. The van der Waals surface area contributed by atoms with Crippen molar-refractivity contribution in [3.05, 3.63) is 50.2 Å². The molecule has 1 aromatic heterocycles. The molecule has 8 nitrogen and oxygen atoms in total. The first-order chi connectivity index (χ1) is 14.0. The van der Waals surface area contributed by atoms with Crippen molar-refractivity contribution in [2.75, 3.05) is 19.1 Å². The number of azide groups is 1. The smallest absolute Gasteiger partial charge is 0.328 e. The number of nitrogens with zero attached hydrogens (tertiary/aromatic N) is 4. The summed E-state index contributed by atoms with van der Waals surface area (Å²) in [6.45, 7) is 0. The van der Waals surface area contributed by atoms with Crippen LogP contribution in [0.4, 0.5) is 5.00 Å². The van der Waals surface area contributed by atoms with Gasteiger partial charge in [-0.2, -0.15) is 17.0 Å². The summed E-state index contributed by atoms with van der Waals surface area (Å²) >= 11 is 8.35. The van der Waals surface area contributed by atoms with Gasteiger partial charge in [-0.3, -0.25) is 4.79 Å². The van der Waals surface area contributed by atoms with Gasteiger partial charge >= 0.3 is 5.97 Å². The Labute approximate surface area is 180 Å². The van der Waals surface area contributed by atoms with E-state index in [9.17, 15) is 14.9 Å². The fourth-order valence-corrected chi connectivity index (χ4v) is 4.13. The summed E-state index contributed by atoms with van der Waals surface area (Å²) in [4.78, 5) is 27.9. The van der Waals surface area contributed by atoms with E-state index in [1.165, 1.54) is 18.9 Å². The molecule has 1 aromatic carbocycles. The van der Waals surface area contributed by atoms with E-state index in [1.54, 1.807) is 24.3 Å². The number of amides is 1. The van der Waals surface area contributed by atoms with Crippen LogP contribution in [0.25, 0.3) is 21.6 Å². The van der Waals surface area contributed by atoms with Crippen molar-refractivity contribution >= 4 is 51.6 Å². The number of ether oxygens (including phenoxy) is 1. The highest BCUT2D eigenvalue weighted by Crippen LogP contribution is 2.42. The number of carbonyl (C=O) groups excluding carboxylic acids is 2. The molecule has 0 saturated carbocycles. The normalized spacial score (nSPS) is 11.1. The van der Waals surface area contributed by atoms with Gasteiger partial charge in [0.25, 0.3) is 5.91 Å². The fraction of sp³-hybridized carbons (Fsp3) is 0.278. The van der Waals surface area contributed by atoms with Gasteiger partial charge in [0.2, 0.25) is 0 Å². The number of hydrogen-bond donors (Lipinski definition) is 1. The molecule has 0 aliphatic rings. The second-order valence-electron chi connectivity index (χ2n) is 5.63. The van der Waals surface area contributed by atoms with Crippen LogP contribution in [0.15, 0.2) is 29.4 Å². The summed E-state index contributed by atoms with van der Waals surface area (Å²) in [6, 6.07) is 7.73. The molecule has 0 unspecified atom stereocenters. The number of benzene rings is 1. The standard InChI is InChI=1S/C18H16ClN5O3S2/c1-27-18(26)13(7-8-28-2)22-16(25)15-14(10-3-5-11(19)6-4-10)12(9-20)17(29-15)23-24-21/h3-6,13H,7-8H2,1-2H3,(H,22,25)/t13-/m0/s1. The minimum atomic E-state index is -0.839. The zero-order chi connectivity index (χ0) is 21.4. The zero-order valence-corrected chi connectivity index (χ0v) is 17.9. The van der Waals surface area contributed by atoms with E-state index in [0.29, 0.717) is 28.3 Å². The van der Waals surface area contributed by atoms with Crippen molar-refractivity contribution in [3.63, 3.8) is 0 Å². The molecule has 150 valence electrons. The maximum absolute atomic E-state index is 13.0. The number of thioether (sulfide) groups is 1. The first kappa shape index (κ1) is 22.6. The number of halogens is 1. The quantitative estimate of drug-likeness (QED) is 0.265. The summed E-state index contributed by atoms with van der Waals surface area (Å²) < 4.78 is 4.77. The third-order valence-electron chi connectivity index (χ3n) is 3.88. The van der Waals surface area contributed by atoms with Gasteiger partial charge in [-0.05, 0) is 46.8 Å². The van der Waals surface area contributed by atoms with Crippen molar-refractivity contribution in [2.24, 2.45) is 5.11 Å². The Kier molecular flexibility index (Phi) is 8.36. The molecule has 2 rings (SSSR count). The third-order valence-corrected chi connectivity index (χ3v) is 5.85. The molecule has 0 aliphatic heterocycles. The Morgan fingerprint density at radius 2 is 2.14 bits per heavy atom. The Balaban J connectivity index is 2.53. The minimum absolute atomic E-state index is 0.0730. The average molecular weight is 450 g/mol. The van der Waals surface area contributed by atoms with Crippen molar-refractivity contribution in [3.8, 4) is 17.2 Å². The highest BCUT2D eigenvalue weighted by molar-refractivity contribution is 7.98. The van der Waals surface area contributed by atoms with E-state index in [4.69, 9.17) is 21.9 Å². The first-order valence-electron chi connectivity index (χ1n) is 8.22. The van der Waals surface area contributed by atoms with Gasteiger partial charge in [-0.25, -0.2) is 4.79 Å². The summed E-state index contributed by atoms with van der Waals surface area (Å²) in [5.74, 6) is -0.484. The van der Waals surface area contributed by atoms with E-state index in [0.717, 1.165) is 11.3 Å². The van der Waals surface area contributed by atoms with E-state index >= 15 is 0 Å². The van der Waals surface area contributed by atoms with Crippen LogP contribution in [0.1, 0.15) is 21.7 Å². The molecule has 0 saturated heterocycles. The molecule has 2 aromatic rings. The molecule has 0 fully saturated rings. The number of nitriles is 1. The third kappa shape index (κ3) is 5.43. The molecule has 1 amide bonds. The van der Waals surface area contributed by atoms with E-state index < -0.39 is 17.9 Å². The molecule has 1 heterocycles. The van der Waals surface area contributed by atoms with Crippen LogP contribution in [0.2, 0.25) is 5.02 Å². The van der Waals surface area contributed by atoms with Crippen molar-refractivity contribution in [2.45, 2.75) is 12.5 Å². The van der Waals surface area contributed by atoms with Gasteiger partial charge in [0.1, 0.15) is 22.0 Å². The SMILES string of the molecule is COC(=O)[C@H](CCSC)NC(=O)c1sc(N=[N+]=[N-])c(C#N)c1-c1ccc(Cl)cc1. The van der Waals surface area contributed by atoms with E-state index in [2.05, 4.69) is 15.3 Å². The first-order valence-corrected chi connectivity index (χ1v) is 10.8. The molecule has 0 spiro atoms. The predicted molar refractivity (Wildman–Crippen MR) is 115 cm³/mol. The van der Waals surface area contributed by atoms with Gasteiger partial charge in [0.15, 0.2) is 0 Å². The number of methoxy groups -OCH3 is 1. The van der Waals surface area contributed by atoms with Crippen LogP contribution in [0.5, 0.6) is 0 Å². The van der Waals surface area contributed by atoms with Crippen molar-refractivity contribution < 1.29 is 14.3 Å². The van der Waals surface area contributed by atoms with E-state index in [1.807, 2.05) is 12.3 Å². The average Bonchev–Trinajstić information content (AvgIpc) is 3.09. The van der Waals surface area contributed by atoms with Crippen LogP contribution in [0, 0.1) is 11.3 Å². The highest BCUT2D eigenvalue weighted by Gasteiger charge is 2.27. The number of nitrogens with one attached hydrogen (secondary N) is 1. The van der Waals surface area contributed by atoms with Crippen LogP contribution in [-0.2, 0) is 9.53 Å². The number of carbonyl (C=O) groups is 2. The second-order valence-corrected chi connectivity index (χ2v) is 8.05. The number of esters is 1. The molecule has 1 N–H and O–H groups in total. The summed E-state index contributed by atoms with van der Waals surface area (Å²) in [7, 11) is 1.25. The van der Waals surface area contributed by atoms with E-state index in [-0.39, 0.29) is 15.4 Å². The summed E-state index contributed by atoms with van der Waals surface area (Å²) in [5, 5.41) is 16.4. The lowest BCUT2D eigenvalue weighted by Crippen LogP contribution is -2.41. The van der Waals surface area contributed by atoms with Crippen molar-refractivity contribution in [1.29, 1.82) is 5.26 Å². The van der Waals surface area contributed by atoms with Crippen molar-refractivity contribution in [1.82, 2.24) is 5.32 Å². The monoisotopic (exact) mass is 449 g/mol. The Hall–Kier alpha value is -2.70. The molecular formula is C18H16ClN5O3S2. The lowest BCUT2D eigenvalue weighted by molar-refractivity contribution is -0.142. The zero-order valence-electron chi connectivity index (χ0n) is 15.5. The molecule has 29 heavy (non-hydrogen) atoms. The van der Waals surface area contributed by atoms with Gasteiger partial charge in [0, 0.05) is 15.5 Å². The van der Waals surface area contributed by atoms with Gasteiger partial charge in [0.05, 0.1) is 12.7 Å². The Bertz CT molecular complexity index is 994. The Morgan fingerprint density at radius 3 is 2.69 bits per heavy atom. The topological polar surface area (TPSA) is 128 Å². The number of rotatable bonds is 8. The fourth-order valence-electron chi connectivity index (χ4n) is 2.54. The second kappa shape index (κ2) is 10.7. The van der Waals surface area contributed by atoms with Gasteiger partial charge < -0.3 is 10.1 Å². The Morgan fingerprint density at radius 1 is 1.45 bits per heavy atom. The molecule has 11 heteroatoms. The van der Waals surface area contributed by atoms with Gasteiger partial charge in [-0.15, -0.1) is 11.3 Å². The summed E-state index contributed by atoms with van der Waals surface area (Å²) in [6.07, 6.45) is 2.27. The maximum Gasteiger partial charge on any atom is 0.328 e. The largest absolute Gasteiger partial charge is 0.467 e.